The lowest BCUT2D eigenvalue weighted by molar-refractivity contribution is -0.137. The molecule has 0 spiro atoms. The van der Waals surface area contributed by atoms with Crippen LogP contribution >= 0.6 is 23.2 Å². The van der Waals surface area contributed by atoms with E-state index >= 15 is 0 Å². The zero-order valence-electron chi connectivity index (χ0n) is 22.4. The standard InChI is InChI=1S/C28H24Cl2F3N9O/c29-21-11-18(28(31,32)33)13-35-25(21)41-5-7-42(8-6-41)27(43)39-23-4-3-19-10-17(23)2-1-16-9-20(14-34-12-16)38-26-36-15-22(30)24(37-19)40-26/h3-4,9-15H,1-2,5-8H2,(H,39,43)(H2,36,37,38,40). The number of aryl methyl sites for hydroxylation is 2. The molecule has 0 atom stereocenters. The predicted octanol–water partition coefficient (Wildman–Crippen LogP) is 6.53. The van der Waals surface area contributed by atoms with Crippen molar-refractivity contribution >= 4 is 63.9 Å². The van der Waals surface area contributed by atoms with Crippen LogP contribution in [0.3, 0.4) is 0 Å². The molecule has 1 fully saturated rings. The van der Waals surface area contributed by atoms with E-state index in [9.17, 15) is 18.0 Å². The maximum atomic E-state index is 13.3. The van der Waals surface area contributed by atoms with Gasteiger partial charge >= 0.3 is 12.2 Å². The molecule has 3 N–H and O–H groups in total. The normalized spacial score (nSPS) is 14.9. The van der Waals surface area contributed by atoms with Crippen LogP contribution < -0.4 is 20.9 Å². The van der Waals surface area contributed by atoms with E-state index in [2.05, 4.69) is 35.9 Å². The molecule has 4 aromatic rings. The average molecular weight is 630 g/mol. The summed E-state index contributed by atoms with van der Waals surface area (Å²) >= 11 is 12.5. The number of rotatable bonds is 2. The molecule has 0 saturated carbocycles. The number of benzene rings is 1. The topological polar surface area (TPSA) is 111 Å². The molecule has 6 rings (SSSR count). The summed E-state index contributed by atoms with van der Waals surface area (Å²) in [7, 11) is 0. The Bertz CT molecular complexity index is 1680. The van der Waals surface area contributed by atoms with Gasteiger partial charge in [-0.05, 0) is 54.3 Å². The first kappa shape index (κ1) is 28.7. The lowest BCUT2D eigenvalue weighted by atomic mass is 10.0. The van der Waals surface area contributed by atoms with Gasteiger partial charge < -0.3 is 25.8 Å². The Morgan fingerprint density at radius 1 is 0.884 bits per heavy atom. The molecule has 2 amide bonds. The van der Waals surface area contributed by atoms with Gasteiger partial charge in [0.05, 0.1) is 28.7 Å². The van der Waals surface area contributed by atoms with Crippen LogP contribution in [-0.2, 0) is 19.0 Å². The number of piperazine rings is 1. The molecule has 5 heterocycles. The van der Waals surface area contributed by atoms with Crippen molar-refractivity contribution in [3.8, 4) is 0 Å². The maximum absolute atomic E-state index is 13.3. The van der Waals surface area contributed by atoms with Gasteiger partial charge in [-0.3, -0.25) is 4.98 Å². The van der Waals surface area contributed by atoms with Crippen molar-refractivity contribution in [1.29, 1.82) is 0 Å². The zero-order chi connectivity index (χ0) is 30.1. The lowest BCUT2D eigenvalue weighted by Crippen LogP contribution is -2.50. The predicted molar refractivity (Wildman–Crippen MR) is 159 cm³/mol. The Morgan fingerprint density at radius 2 is 1.70 bits per heavy atom. The highest BCUT2D eigenvalue weighted by molar-refractivity contribution is 6.33. The van der Waals surface area contributed by atoms with Crippen LogP contribution in [-0.4, -0.2) is 57.0 Å². The number of nitrogens with one attached hydrogen (secondary N) is 3. The summed E-state index contributed by atoms with van der Waals surface area (Å²) in [4.78, 5) is 33.7. The van der Waals surface area contributed by atoms with Gasteiger partial charge in [0, 0.05) is 49.9 Å². The summed E-state index contributed by atoms with van der Waals surface area (Å²) in [6, 6.07) is 8.13. The monoisotopic (exact) mass is 629 g/mol. The van der Waals surface area contributed by atoms with Crippen LogP contribution in [0, 0.1) is 0 Å². The fourth-order valence-electron chi connectivity index (χ4n) is 4.89. The molecule has 43 heavy (non-hydrogen) atoms. The minimum absolute atomic E-state index is 0.0857. The molecule has 3 aromatic heterocycles. The van der Waals surface area contributed by atoms with Gasteiger partial charge in [0.25, 0.3) is 0 Å². The molecule has 0 radical (unpaired) electrons. The van der Waals surface area contributed by atoms with Gasteiger partial charge in [0.1, 0.15) is 10.8 Å². The van der Waals surface area contributed by atoms with E-state index in [0.717, 1.165) is 34.8 Å². The third-order valence-electron chi connectivity index (χ3n) is 7.10. The van der Waals surface area contributed by atoms with E-state index in [4.69, 9.17) is 23.2 Å². The smallest absolute Gasteiger partial charge is 0.352 e. The van der Waals surface area contributed by atoms with Gasteiger partial charge in [-0.1, -0.05) is 23.2 Å². The number of carbonyl (C=O) groups excluding carboxylic acids is 1. The highest BCUT2D eigenvalue weighted by Crippen LogP contribution is 2.34. The number of carbonyl (C=O) groups is 1. The molecule has 6 bridgehead atoms. The number of hydrogen-bond donors (Lipinski definition) is 3. The molecule has 15 heteroatoms. The molecule has 10 nitrogen and oxygen atoms in total. The largest absolute Gasteiger partial charge is 0.417 e. The summed E-state index contributed by atoms with van der Waals surface area (Å²) in [6.07, 6.45) is 2.49. The van der Waals surface area contributed by atoms with E-state index in [1.807, 2.05) is 24.3 Å². The fourth-order valence-corrected chi connectivity index (χ4v) is 5.31. The van der Waals surface area contributed by atoms with Crippen molar-refractivity contribution in [3.63, 3.8) is 0 Å². The van der Waals surface area contributed by atoms with Gasteiger partial charge in [-0.2, -0.15) is 18.2 Å². The van der Waals surface area contributed by atoms with E-state index in [0.29, 0.717) is 61.5 Å². The minimum atomic E-state index is -4.53. The molecular formula is C28H24Cl2F3N9O. The molecule has 1 aromatic carbocycles. The first-order valence-electron chi connectivity index (χ1n) is 13.3. The molecular weight excluding hydrogens is 606 g/mol. The maximum Gasteiger partial charge on any atom is 0.417 e. The number of amides is 2. The van der Waals surface area contributed by atoms with Crippen LogP contribution in [0.1, 0.15) is 16.7 Å². The first-order valence-corrected chi connectivity index (χ1v) is 14.0. The molecule has 0 unspecified atom stereocenters. The molecule has 0 aliphatic carbocycles. The lowest BCUT2D eigenvalue weighted by Gasteiger charge is -2.35. The number of pyridine rings is 2. The highest BCUT2D eigenvalue weighted by atomic mass is 35.5. The molecule has 222 valence electrons. The van der Waals surface area contributed by atoms with Crippen LogP contribution in [0.5, 0.6) is 0 Å². The Hall–Kier alpha value is -4.36. The Labute approximate surface area is 254 Å². The van der Waals surface area contributed by atoms with Crippen LogP contribution in [0.15, 0.2) is 55.1 Å². The summed E-state index contributed by atoms with van der Waals surface area (Å²) in [6.45, 7) is 1.39. The van der Waals surface area contributed by atoms with Gasteiger partial charge in [-0.15, -0.1) is 0 Å². The van der Waals surface area contributed by atoms with Gasteiger partial charge in [0.2, 0.25) is 5.95 Å². The van der Waals surface area contributed by atoms with Crippen molar-refractivity contribution < 1.29 is 18.0 Å². The number of anilines is 6. The van der Waals surface area contributed by atoms with E-state index < -0.39 is 11.7 Å². The second-order valence-corrected chi connectivity index (χ2v) is 10.8. The fraction of sp³-hybridized carbons (Fsp3) is 0.250. The van der Waals surface area contributed by atoms with Crippen LogP contribution in [0.25, 0.3) is 0 Å². The Kier molecular flexibility index (Phi) is 7.84. The van der Waals surface area contributed by atoms with Gasteiger partial charge in [-0.25, -0.2) is 14.8 Å². The second kappa shape index (κ2) is 11.7. The van der Waals surface area contributed by atoms with Crippen molar-refractivity contribution in [3.05, 3.63) is 81.9 Å². The number of aromatic nitrogens is 4. The van der Waals surface area contributed by atoms with Crippen molar-refractivity contribution in [2.24, 2.45) is 0 Å². The third kappa shape index (κ3) is 6.52. The summed E-state index contributed by atoms with van der Waals surface area (Å²) in [5.74, 6) is 1.05. The second-order valence-electron chi connectivity index (χ2n) is 10.0. The highest BCUT2D eigenvalue weighted by Gasteiger charge is 2.32. The number of nitrogens with zero attached hydrogens (tertiary/aromatic N) is 6. The quantitative estimate of drug-likeness (QED) is 0.229. The van der Waals surface area contributed by atoms with Crippen molar-refractivity contribution in [2.75, 3.05) is 47.0 Å². The van der Waals surface area contributed by atoms with Crippen LogP contribution in [0.4, 0.5) is 52.6 Å². The number of hydrogen-bond acceptors (Lipinski definition) is 8. The van der Waals surface area contributed by atoms with E-state index in [-0.39, 0.29) is 16.9 Å². The third-order valence-corrected chi connectivity index (χ3v) is 7.66. The summed E-state index contributed by atoms with van der Waals surface area (Å²) in [5.41, 5.74) is 3.09. The molecule has 2 aliphatic heterocycles. The number of alkyl halides is 3. The number of halogens is 5. The summed E-state index contributed by atoms with van der Waals surface area (Å²) < 4.78 is 39.0. The molecule has 2 aliphatic rings. The van der Waals surface area contributed by atoms with Crippen molar-refractivity contribution in [2.45, 2.75) is 19.0 Å². The SMILES string of the molecule is O=C(Nc1ccc2cc1CCc1cncc(c1)Nc1ncc(Cl)c(n1)N2)N1CCN(c2ncc(C(F)(F)F)cc2Cl)CC1. The summed E-state index contributed by atoms with van der Waals surface area (Å²) in [5, 5.41) is 9.67. The zero-order valence-corrected chi connectivity index (χ0v) is 23.9. The van der Waals surface area contributed by atoms with Crippen LogP contribution in [0.2, 0.25) is 10.0 Å². The minimum Gasteiger partial charge on any atom is -0.352 e. The Balaban J connectivity index is 1.18. The van der Waals surface area contributed by atoms with E-state index in [1.165, 1.54) is 6.20 Å². The first-order chi connectivity index (χ1) is 20.6. The Morgan fingerprint density at radius 3 is 2.47 bits per heavy atom. The number of urea groups is 1. The number of fused-ring (bicyclic) bond motifs is 6. The van der Waals surface area contributed by atoms with E-state index in [1.54, 1.807) is 22.2 Å². The molecule has 1 saturated heterocycles. The van der Waals surface area contributed by atoms with Gasteiger partial charge in [0.15, 0.2) is 5.82 Å². The average Bonchev–Trinajstić information content (AvgIpc) is 2.98. The van der Waals surface area contributed by atoms with Crippen molar-refractivity contribution in [1.82, 2.24) is 24.8 Å².